The van der Waals surface area contributed by atoms with E-state index >= 15 is 0 Å². The predicted molar refractivity (Wildman–Crippen MR) is 76.3 cm³/mol. The second-order valence-corrected chi connectivity index (χ2v) is 5.08. The van der Waals surface area contributed by atoms with Gasteiger partial charge >= 0.3 is 0 Å². The summed E-state index contributed by atoms with van der Waals surface area (Å²) in [5.74, 6) is 6.21. The molecule has 0 atom stereocenters. The van der Waals surface area contributed by atoms with E-state index < -0.39 is 0 Å². The highest BCUT2D eigenvalue weighted by Gasteiger charge is 2.10. The molecule has 0 radical (unpaired) electrons. The lowest BCUT2D eigenvalue weighted by Crippen LogP contribution is -2.11. The Bertz CT molecular complexity index is 557. The van der Waals surface area contributed by atoms with E-state index in [0.29, 0.717) is 10.8 Å². The number of pyridine rings is 1. The third-order valence-electron chi connectivity index (χ3n) is 2.62. The number of nitrogen functional groups attached to an aromatic ring is 1. The van der Waals surface area contributed by atoms with E-state index in [2.05, 4.69) is 33.3 Å². The zero-order valence-corrected chi connectivity index (χ0v) is 11.8. The largest absolute Gasteiger partial charge is 0.308 e. The summed E-state index contributed by atoms with van der Waals surface area (Å²) < 4.78 is 0.913. The van der Waals surface area contributed by atoms with Crippen molar-refractivity contribution >= 4 is 44.3 Å². The highest BCUT2D eigenvalue weighted by molar-refractivity contribution is 9.10. The van der Waals surface area contributed by atoms with Crippen molar-refractivity contribution in [3.63, 3.8) is 0 Å². The van der Waals surface area contributed by atoms with Crippen molar-refractivity contribution in [2.75, 3.05) is 5.43 Å². The summed E-state index contributed by atoms with van der Waals surface area (Å²) in [5, 5.41) is 1.65. The second-order valence-electron chi connectivity index (χ2n) is 3.82. The number of nitrogens with zero attached hydrogens (tertiary/aromatic N) is 1. The summed E-state index contributed by atoms with van der Waals surface area (Å²) >= 11 is 9.65. The third-order valence-corrected chi connectivity index (χ3v) is 3.59. The highest BCUT2D eigenvalue weighted by atomic mass is 79.9. The Morgan fingerprint density at radius 1 is 1.47 bits per heavy atom. The maximum atomic E-state index is 6.18. The number of hydrazine groups is 1. The monoisotopic (exact) mass is 313 g/mol. The summed E-state index contributed by atoms with van der Waals surface area (Å²) in [6.07, 6.45) is 1.96. The maximum absolute atomic E-state index is 6.18. The first-order chi connectivity index (χ1) is 8.17. The molecule has 0 saturated carbocycles. The fourth-order valence-corrected chi connectivity index (χ4v) is 2.46. The molecule has 2 rings (SSSR count). The molecule has 0 amide bonds. The number of nitrogens with two attached hydrogens (primary N) is 1. The molecular weight excluding hydrogens is 302 g/mol. The molecule has 2 aromatic rings. The molecule has 1 aromatic carbocycles. The fourth-order valence-electron chi connectivity index (χ4n) is 1.82. The van der Waals surface area contributed by atoms with Gasteiger partial charge in [-0.1, -0.05) is 24.9 Å². The topological polar surface area (TPSA) is 50.9 Å². The number of nitrogens with one attached hydrogen (secondary N) is 1. The first-order valence-electron chi connectivity index (χ1n) is 5.41. The highest BCUT2D eigenvalue weighted by Crippen LogP contribution is 2.31. The molecular formula is C12H13BrClN3. The smallest absolute Gasteiger partial charge is 0.143 e. The van der Waals surface area contributed by atoms with Gasteiger partial charge in [-0.3, -0.25) is 0 Å². The second kappa shape index (κ2) is 5.21. The molecule has 0 aliphatic heterocycles. The molecule has 17 heavy (non-hydrogen) atoms. The maximum Gasteiger partial charge on any atom is 0.143 e. The van der Waals surface area contributed by atoms with Crippen LogP contribution in [-0.2, 0) is 6.42 Å². The molecule has 90 valence electrons. The summed E-state index contributed by atoms with van der Waals surface area (Å²) in [4.78, 5) is 4.51. The lowest BCUT2D eigenvalue weighted by molar-refractivity contribution is 0.917. The summed E-state index contributed by atoms with van der Waals surface area (Å²) in [7, 11) is 0. The average molecular weight is 315 g/mol. The molecule has 1 heterocycles. The number of anilines is 1. The lowest BCUT2D eigenvalue weighted by Gasteiger charge is -2.11. The standard InChI is InChI=1S/C12H13BrClN3/c1-2-3-7-6-8-10(14)5-4-9(13)11(8)16-12(7)17-15/h4-6H,2-3,15H2,1H3,(H,16,17). The van der Waals surface area contributed by atoms with Crippen LogP contribution in [0.1, 0.15) is 18.9 Å². The van der Waals surface area contributed by atoms with Gasteiger partial charge in [0, 0.05) is 9.86 Å². The zero-order chi connectivity index (χ0) is 12.4. The molecule has 0 spiro atoms. The van der Waals surface area contributed by atoms with Crippen LogP contribution in [0.25, 0.3) is 10.9 Å². The Kier molecular flexibility index (Phi) is 3.86. The number of hydrogen-bond donors (Lipinski definition) is 2. The Labute approximate surface area is 113 Å². The Morgan fingerprint density at radius 2 is 2.24 bits per heavy atom. The Morgan fingerprint density at radius 3 is 2.88 bits per heavy atom. The van der Waals surface area contributed by atoms with Crippen molar-refractivity contribution in [1.82, 2.24) is 4.98 Å². The summed E-state index contributed by atoms with van der Waals surface area (Å²) in [5.41, 5.74) is 4.55. The van der Waals surface area contributed by atoms with E-state index in [1.807, 2.05) is 18.2 Å². The summed E-state index contributed by atoms with van der Waals surface area (Å²) in [6.45, 7) is 2.12. The molecule has 3 nitrogen and oxygen atoms in total. The molecule has 1 aromatic heterocycles. The molecule has 5 heteroatoms. The van der Waals surface area contributed by atoms with Gasteiger partial charge in [-0.15, -0.1) is 0 Å². The molecule has 3 N–H and O–H groups in total. The Hall–Kier alpha value is -0.840. The minimum absolute atomic E-state index is 0.705. The molecule has 0 fully saturated rings. The van der Waals surface area contributed by atoms with Crippen molar-refractivity contribution in [1.29, 1.82) is 0 Å². The van der Waals surface area contributed by atoms with Gasteiger partial charge in [-0.05, 0) is 46.1 Å². The van der Waals surface area contributed by atoms with Gasteiger partial charge in [0.1, 0.15) is 5.82 Å². The van der Waals surface area contributed by atoms with Gasteiger partial charge in [-0.2, -0.15) is 0 Å². The number of aryl methyl sites for hydroxylation is 1. The summed E-state index contributed by atoms with van der Waals surface area (Å²) in [6, 6.07) is 5.80. The average Bonchev–Trinajstić information content (AvgIpc) is 2.34. The van der Waals surface area contributed by atoms with E-state index in [0.717, 1.165) is 33.8 Å². The quantitative estimate of drug-likeness (QED) is 0.667. The van der Waals surface area contributed by atoms with Gasteiger partial charge in [0.15, 0.2) is 0 Å². The molecule has 0 aliphatic carbocycles. The van der Waals surface area contributed by atoms with Crippen LogP contribution in [-0.4, -0.2) is 4.98 Å². The van der Waals surface area contributed by atoms with Crippen LogP contribution in [0.3, 0.4) is 0 Å². The SMILES string of the molecule is CCCc1cc2c(Cl)ccc(Br)c2nc1NN. The van der Waals surface area contributed by atoms with Crippen molar-refractivity contribution in [2.24, 2.45) is 5.84 Å². The van der Waals surface area contributed by atoms with Gasteiger partial charge in [0.2, 0.25) is 0 Å². The van der Waals surface area contributed by atoms with Crippen LogP contribution in [0.4, 0.5) is 5.82 Å². The van der Waals surface area contributed by atoms with Crippen LogP contribution >= 0.6 is 27.5 Å². The van der Waals surface area contributed by atoms with E-state index in [4.69, 9.17) is 17.4 Å². The van der Waals surface area contributed by atoms with Crippen LogP contribution in [0.5, 0.6) is 0 Å². The Balaban J connectivity index is 2.73. The van der Waals surface area contributed by atoms with Gasteiger partial charge in [0.25, 0.3) is 0 Å². The van der Waals surface area contributed by atoms with Crippen LogP contribution < -0.4 is 11.3 Å². The lowest BCUT2D eigenvalue weighted by atomic mass is 10.1. The normalized spacial score (nSPS) is 10.8. The predicted octanol–water partition coefficient (Wildman–Crippen LogP) is 3.89. The van der Waals surface area contributed by atoms with Crippen molar-refractivity contribution in [3.8, 4) is 0 Å². The number of benzene rings is 1. The number of aromatic nitrogens is 1. The number of fused-ring (bicyclic) bond motifs is 1. The van der Waals surface area contributed by atoms with Crippen LogP contribution in [0.2, 0.25) is 5.02 Å². The van der Waals surface area contributed by atoms with E-state index in [9.17, 15) is 0 Å². The zero-order valence-electron chi connectivity index (χ0n) is 9.43. The number of hydrogen-bond acceptors (Lipinski definition) is 3. The molecule has 0 saturated heterocycles. The minimum Gasteiger partial charge on any atom is -0.308 e. The first kappa shape index (κ1) is 12.6. The van der Waals surface area contributed by atoms with E-state index in [1.54, 1.807) is 0 Å². The van der Waals surface area contributed by atoms with Crippen molar-refractivity contribution in [3.05, 3.63) is 33.3 Å². The van der Waals surface area contributed by atoms with Gasteiger partial charge < -0.3 is 5.43 Å². The fraction of sp³-hybridized carbons (Fsp3) is 0.250. The molecule has 0 aliphatic rings. The first-order valence-corrected chi connectivity index (χ1v) is 6.58. The van der Waals surface area contributed by atoms with E-state index in [1.165, 1.54) is 0 Å². The van der Waals surface area contributed by atoms with Crippen molar-refractivity contribution in [2.45, 2.75) is 19.8 Å². The number of rotatable bonds is 3. The number of halogens is 2. The van der Waals surface area contributed by atoms with Gasteiger partial charge in [-0.25, -0.2) is 10.8 Å². The van der Waals surface area contributed by atoms with Gasteiger partial charge in [0.05, 0.1) is 10.5 Å². The van der Waals surface area contributed by atoms with Crippen molar-refractivity contribution < 1.29 is 0 Å². The van der Waals surface area contributed by atoms with Crippen LogP contribution in [0.15, 0.2) is 22.7 Å². The minimum atomic E-state index is 0.705. The molecule has 0 bridgehead atoms. The van der Waals surface area contributed by atoms with E-state index in [-0.39, 0.29) is 0 Å². The third kappa shape index (κ3) is 2.39. The molecule has 0 unspecified atom stereocenters. The van der Waals surface area contributed by atoms with Crippen LogP contribution in [0, 0.1) is 0 Å².